The van der Waals surface area contributed by atoms with Crippen molar-refractivity contribution >= 4 is 80.6 Å². The van der Waals surface area contributed by atoms with Crippen LogP contribution < -0.4 is 16.0 Å². The van der Waals surface area contributed by atoms with Gasteiger partial charge in [0.05, 0.1) is 16.9 Å². The number of amides is 1. The number of benzene rings is 6. The number of aromatic nitrogens is 1. The van der Waals surface area contributed by atoms with E-state index in [0.717, 1.165) is 47.3 Å². The number of phenolic OH excluding ortho intramolecular Hbond substituents is 2. The summed E-state index contributed by atoms with van der Waals surface area (Å²) in [6.07, 6.45) is 1.81. The normalized spacial score (nSPS) is 10.6. The van der Waals surface area contributed by atoms with Crippen LogP contribution >= 0.6 is 46.7 Å². The summed E-state index contributed by atoms with van der Waals surface area (Å²) in [5.41, 5.74) is 5.23. The lowest BCUT2D eigenvalue weighted by Gasteiger charge is -2.13. The van der Waals surface area contributed by atoms with Crippen LogP contribution in [0.3, 0.4) is 0 Å². The van der Waals surface area contributed by atoms with Gasteiger partial charge in [-0.15, -0.1) is 0 Å². The highest BCUT2D eigenvalue weighted by molar-refractivity contribution is 7.99. The predicted octanol–water partition coefficient (Wildman–Crippen LogP) is 12.1. The van der Waals surface area contributed by atoms with Gasteiger partial charge >= 0.3 is 0 Å². The van der Waals surface area contributed by atoms with Gasteiger partial charge in [-0.05, 0) is 102 Å². The van der Waals surface area contributed by atoms with Gasteiger partial charge in [-0.1, -0.05) is 95.3 Å². The average molecular weight is 792 g/mol. The van der Waals surface area contributed by atoms with E-state index in [9.17, 15) is 15.0 Å². The number of aromatic hydroxyl groups is 2. The van der Waals surface area contributed by atoms with Crippen LogP contribution in [0.15, 0.2) is 165 Å². The number of halogens is 2. The van der Waals surface area contributed by atoms with E-state index < -0.39 is 0 Å². The van der Waals surface area contributed by atoms with Gasteiger partial charge in [0, 0.05) is 66.9 Å². The van der Waals surface area contributed by atoms with Gasteiger partial charge in [0.25, 0.3) is 0 Å². The predicted molar refractivity (Wildman–Crippen MR) is 225 cm³/mol. The minimum Gasteiger partial charge on any atom is -0.506 e. The Morgan fingerprint density at radius 3 is 1.74 bits per heavy atom. The highest BCUT2D eigenvalue weighted by Crippen LogP contribution is 2.35. The summed E-state index contributed by atoms with van der Waals surface area (Å²) in [6, 6.07) is 44.2. The summed E-state index contributed by atoms with van der Waals surface area (Å²) >= 11 is 15.4. The molecule has 0 aliphatic rings. The Morgan fingerprint density at radius 2 is 1.17 bits per heavy atom. The highest BCUT2D eigenvalue weighted by atomic mass is 35.5. The van der Waals surface area contributed by atoms with Gasteiger partial charge in [0.1, 0.15) is 11.5 Å². The van der Waals surface area contributed by atoms with Crippen LogP contribution in [0.1, 0.15) is 18.1 Å². The van der Waals surface area contributed by atoms with Crippen molar-refractivity contribution in [2.75, 3.05) is 16.0 Å². The molecule has 272 valence electrons. The Kier molecular flexibility index (Phi) is 13.2. The fraction of sp³-hybridized carbons (Fsp3) is 0.0698. The Hall–Kier alpha value is -5.32. The van der Waals surface area contributed by atoms with Crippen LogP contribution in [-0.4, -0.2) is 21.1 Å². The summed E-state index contributed by atoms with van der Waals surface area (Å²) in [6.45, 7) is 2.63. The van der Waals surface area contributed by atoms with Gasteiger partial charge < -0.3 is 26.2 Å². The largest absolute Gasteiger partial charge is 0.506 e. The average Bonchev–Trinajstić information content (AvgIpc) is 3.17. The molecule has 5 N–H and O–H groups in total. The molecule has 1 heterocycles. The van der Waals surface area contributed by atoms with Crippen molar-refractivity contribution in [3.63, 3.8) is 0 Å². The minimum atomic E-state index is -0.0870. The van der Waals surface area contributed by atoms with Crippen LogP contribution in [0.25, 0.3) is 10.9 Å². The van der Waals surface area contributed by atoms with E-state index in [-0.39, 0.29) is 17.4 Å². The van der Waals surface area contributed by atoms with Gasteiger partial charge in [0.2, 0.25) is 5.91 Å². The molecule has 0 atom stereocenters. The quantitative estimate of drug-likeness (QED) is 0.0825. The number of anilines is 3. The van der Waals surface area contributed by atoms with Crippen LogP contribution in [0, 0.1) is 0 Å². The Balaban J connectivity index is 0.000000184. The number of nitrogens with one attached hydrogen (secondary N) is 3. The minimum absolute atomic E-state index is 0.0870. The first kappa shape index (κ1) is 38.4. The molecule has 1 aromatic heterocycles. The van der Waals surface area contributed by atoms with E-state index in [1.54, 1.807) is 59.9 Å². The molecule has 1 amide bonds. The standard InChI is InChI=1S/C22H17ClN2OS.C21H19ClN2O2S/c23-17-8-10-21(26)20(12-17)25-14-16-4-1-2-6-22(16)27-18-9-7-15-5-3-11-24-19(15)13-18;1-14(25)24-17-7-9-18(10-8-17)27-21-5-3-2-4-15(21)13-23-19-12-16(22)6-11-20(19)26/h1-13,25-26H,14H2;2-12,23,26H,13H2,1H3,(H,24,25). The zero-order valence-electron chi connectivity index (χ0n) is 29.1. The van der Waals surface area contributed by atoms with E-state index >= 15 is 0 Å². The molecule has 11 heteroatoms. The topological polar surface area (TPSA) is 107 Å². The maximum Gasteiger partial charge on any atom is 0.221 e. The van der Waals surface area contributed by atoms with Crippen molar-refractivity contribution in [1.82, 2.24) is 4.98 Å². The second-order valence-electron chi connectivity index (χ2n) is 12.0. The van der Waals surface area contributed by atoms with Gasteiger partial charge in [-0.25, -0.2) is 0 Å². The Morgan fingerprint density at radius 1 is 0.630 bits per heavy atom. The van der Waals surface area contributed by atoms with Crippen LogP contribution in [0.5, 0.6) is 11.5 Å². The van der Waals surface area contributed by atoms with Crippen LogP contribution in [0.4, 0.5) is 17.1 Å². The lowest BCUT2D eigenvalue weighted by molar-refractivity contribution is -0.114. The van der Waals surface area contributed by atoms with Crippen molar-refractivity contribution in [3.05, 3.63) is 167 Å². The number of hydrogen-bond donors (Lipinski definition) is 5. The van der Waals surface area contributed by atoms with Gasteiger partial charge in [-0.3, -0.25) is 9.78 Å². The molecule has 0 spiro atoms. The first-order valence-electron chi connectivity index (χ1n) is 16.9. The third-order valence-corrected chi connectivity index (χ3v) is 10.7. The van der Waals surface area contributed by atoms with Crippen molar-refractivity contribution < 1.29 is 15.0 Å². The van der Waals surface area contributed by atoms with Crippen LogP contribution in [0.2, 0.25) is 10.0 Å². The smallest absolute Gasteiger partial charge is 0.221 e. The first-order chi connectivity index (χ1) is 26.2. The fourth-order valence-electron chi connectivity index (χ4n) is 5.35. The number of carbonyl (C=O) groups excluding carboxylic acids is 1. The van der Waals surface area contributed by atoms with Crippen molar-refractivity contribution in [2.24, 2.45) is 0 Å². The maximum atomic E-state index is 11.1. The fourth-order valence-corrected chi connectivity index (χ4v) is 7.62. The molecule has 0 saturated heterocycles. The molecule has 54 heavy (non-hydrogen) atoms. The molecule has 0 aliphatic heterocycles. The van der Waals surface area contributed by atoms with Crippen molar-refractivity contribution in [1.29, 1.82) is 0 Å². The van der Waals surface area contributed by atoms with E-state index in [1.165, 1.54) is 6.92 Å². The molecule has 7 rings (SSSR count). The number of pyridine rings is 1. The summed E-state index contributed by atoms with van der Waals surface area (Å²) in [7, 11) is 0. The molecule has 0 radical (unpaired) electrons. The number of hydrogen-bond acceptors (Lipinski definition) is 8. The molecule has 0 saturated carbocycles. The highest BCUT2D eigenvalue weighted by Gasteiger charge is 2.09. The summed E-state index contributed by atoms with van der Waals surface area (Å²) < 4.78 is 0. The third kappa shape index (κ3) is 10.9. The summed E-state index contributed by atoms with van der Waals surface area (Å²) in [5, 5.41) is 31.5. The number of rotatable bonds is 11. The number of fused-ring (bicyclic) bond motifs is 1. The molecule has 0 aliphatic carbocycles. The monoisotopic (exact) mass is 790 g/mol. The zero-order valence-corrected chi connectivity index (χ0v) is 32.2. The number of nitrogens with zero attached hydrogens (tertiary/aromatic N) is 1. The van der Waals surface area contributed by atoms with Gasteiger partial charge in [-0.2, -0.15) is 0 Å². The van der Waals surface area contributed by atoms with Crippen molar-refractivity contribution in [3.8, 4) is 11.5 Å². The maximum absolute atomic E-state index is 11.1. The number of carbonyl (C=O) groups is 1. The third-order valence-electron chi connectivity index (χ3n) is 8.01. The summed E-state index contributed by atoms with van der Waals surface area (Å²) in [5.74, 6) is 0.263. The zero-order chi connectivity index (χ0) is 37.9. The molecule has 0 bridgehead atoms. The van der Waals surface area contributed by atoms with Crippen LogP contribution in [-0.2, 0) is 17.9 Å². The molecule has 7 nitrogen and oxygen atoms in total. The van der Waals surface area contributed by atoms with E-state index in [0.29, 0.717) is 34.5 Å². The second kappa shape index (κ2) is 18.6. The van der Waals surface area contributed by atoms with Gasteiger partial charge in [0.15, 0.2) is 0 Å². The molecule has 0 fully saturated rings. The Bertz CT molecular complexity index is 2380. The second-order valence-corrected chi connectivity index (χ2v) is 15.1. The van der Waals surface area contributed by atoms with E-state index in [2.05, 4.69) is 63.4 Å². The lowest BCUT2D eigenvalue weighted by Crippen LogP contribution is -2.05. The van der Waals surface area contributed by atoms with E-state index in [4.69, 9.17) is 23.2 Å². The van der Waals surface area contributed by atoms with E-state index in [1.807, 2.05) is 66.9 Å². The molecule has 7 aromatic rings. The molecular weight excluding hydrogens is 756 g/mol. The molecule has 6 aromatic carbocycles. The lowest BCUT2D eigenvalue weighted by atomic mass is 10.2. The summed E-state index contributed by atoms with van der Waals surface area (Å²) in [4.78, 5) is 20.0. The van der Waals surface area contributed by atoms with Crippen molar-refractivity contribution in [2.45, 2.75) is 39.6 Å². The number of phenols is 2. The first-order valence-corrected chi connectivity index (χ1v) is 19.3. The Labute approximate surface area is 332 Å². The SMILES string of the molecule is CC(=O)Nc1ccc(Sc2ccccc2CNc2cc(Cl)ccc2O)cc1.Oc1ccc(Cl)cc1NCc1ccccc1Sc1ccc2cccnc2c1. The molecular formula is C43H36Cl2N4O3S2. The molecule has 0 unspecified atom stereocenters.